The fraction of sp³-hybridized carbons (Fsp3) is 0.200. The van der Waals surface area contributed by atoms with Crippen LogP contribution < -0.4 is 88.7 Å². The van der Waals surface area contributed by atoms with Crippen LogP contribution in [0.4, 0.5) is 0 Å². The average molecular weight is 387 g/mol. The normalized spacial score (nSPS) is 15.7. The van der Waals surface area contributed by atoms with E-state index in [0.717, 1.165) is 0 Å². The molecule has 0 bridgehead atoms. The minimum atomic E-state index is -5.46. The third kappa shape index (κ3) is 8.09. The van der Waals surface area contributed by atoms with Gasteiger partial charge in [-0.3, -0.25) is 4.31 Å². The van der Waals surface area contributed by atoms with Crippen molar-refractivity contribution in [3.63, 3.8) is 0 Å². The topological polar surface area (TPSA) is 175 Å². The van der Waals surface area contributed by atoms with Crippen molar-refractivity contribution in [3.8, 4) is 0 Å². The molecular weight excluding hydrogens is 383 g/mol. The summed E-state index contributed by atoms with van der Waals surface area (Å²) in [4.78, 5) is -1.05. The van der Waals surface area contributed by atoms with Crippen LogP contribution >= 0.6 is 0 Å². The van der Waals surface area contributed by atoms with Crippen LogP contribution in [0, 0.1) is 0 Å². The van der Waals surface area contributed by atoms with Gasteiger partial charge >= 0.3 is 88.7 Å². The van der Waals surface area contributed by atoms with Crippen molar-refractivity contribution in [2.24, 2.45) is 0 Å². The first-order valence-corrected chi connectivity index (χ1v) is 8.08. The van der Waals surface area contributed by atoms with Crippen LogP contribution in [-0.4, -0.2) is 49.8 Å². The molecule has 21 heavy (non-hydrogen) atoms. The fourth-order valence-electron chi connectivity index (χ4n) is 1.08. The summed E-state index contributed by atoms with van der Waals surface area (Å²) in [6, 6.07) is 0. The maximum Gasteiger partial charge on any atom is 1.00 e. The van der Waals surface area contributed by atoms with Crippen LogP contribution in [0.15, 0.2) is 22.1 Å². The monoisotopic (exact) mass is 387 g/mol. The second-order valence-electron chi connectivity index (χ2n) is 3.01. The van der Waals surface area contributed by atoms with E-state index in [9.17, 15) is 38.9 Å². The summed E-state index contributed by atoms with van der Waals surface area (Å²) in [5.41, 5.74) is 0. The average Bonchev–Trinajstić information content (AvgIpc) is 2.12. The van der Waals surface area contributed by atoms with E-state index in [1.165, 1.54) is 0 Å². The molecule has 0 spiro atoms. The molecular formula is C5H4NNa3O9S3. The predicted octanol–water partition coefficient (Wildman–Crippen LogP) is -11.4. The summed E-state index contributed by atoms with van der Waals surface area (Å²) < 4.78 is 95.5. The second-order valence-corrected chi connectivity index (χ2v) is 7.07. The van der Waals surface area contributed by atoms with Gasteiger partial charge in [-0.05, 0) is 12.2 Å². The van der Waals surface area contributed by atoms with E-state index >= 15 is 0 Å². The van der Waals surface area contributed by atoms with Crippen molar-refractivity contribution in [2.75, 3.05) is 6.54 Å². The van der Waals surface area contributed by atoms with Crippen molar-refractivity contribution in [2.45, 2.75) is 0 Å². The third-order valence-corrected chi connectivity index (χ3v) is 4.56. The van der Waals surface area contributed by atoms with Gasteiger partial charge in [0.25, 0.3) is 0 Å². The Morgan fingerprint density at radius 2 is 1.24 bits per heavy atom. The van der Waals surface area contributed by atoms with Gasteiger partial charge < -0.3 is 13.7 Å². The number of hydrogen-bond donors (Lipinski definition) is 0. The molecule has 0 radical (unpaired) electrons. The van der Waals surface area contributed by atoms with E-state index in [1.54, 1.807) is 0 Å². The molecule has 1 aliphatic heterocycles. The van der Waals surface area contributed by atoms with Crippen molar-refractivity contribution in [1.29, 1.82) is 0 Å². The molecule has 0 unspecified atom stereocenters. The summed E-state index contributed by atoms with van der Waals surface area (Å²) in [5.74, 6) is 0. The number of rotatable bonds is 3. The Bertz CT molecular complexity index is 735. The molecule has 1 heterocycles. The zero-order chi connectivity index (χ0) is 14.4. The summed E-state index contributed by atoms with van der Waals surface area (Å²) in [7, 11) is -15.8. The van der Waals surface area contributed by atoms with Crippen molar-refractivity contribution >= 4 is 30.5 Å². The summed E-state index contributed by atoms with van der Waals surface area (Å²) in [6.45, 7) is -1.33. The molecule has 16 heteroatoms. The van der Waals surface area contributed by atoms with Crippen molar-refractivity contribution in [1.82, 2.24) is 4.31 Å². The van der Waals surface area contributed by atoms with Gasteiger partial charge in [-0.2, -0.15) is 0 Å². The van der Waals surface area contributed by atoms with Crippen LogP contribution in [0.25, 0.3) is 0 Å². The van der Waals surface area contributed by atoms with Gasteiger partial charge in [-0.25, -0.2) is 25.3 Å². The fourth-order valence-corrected chi connectivity index (χ4v) is 3.36. The van der Waals surface area contributed by atoms with E-state index in [1.807, 2.05) is 0 Å². The van der Waals surface area contributed by atoms with Crippen LogP contribution in [0.1, 0.15) is 0 Å². The van der Waals surface area contributed by atoms with E-state index in [-0.39, 0.29) is 94.7 Å². The Balaban J connectivity index is -0.00000108. The molecule has 0 aromatic heterocycles. The van der Waals surface area contributed by atoms with Crippen LogP contribution in [0.2, 0.25) is 0 Å². The molecule has 0 saturated carbocycles. The Morgan fingerprint density at radius 3 is 1.52 bits per heavy atom. The van der Waals surface area contributed by atoms with Crippen LogP contribution in [-0.2, 0) is 30.5 Å². The molecule has 0 aromatic carbocycles. The first-order valence-electron chi connectivity index (χ1n) is 3.89. The Kier molecular flexibility index (Phi) is 12.6. The van der Waals surface area contributed by atoms with Gasteiger partial charge in [0.2, 0.25) is 0 Å². The number of nitrogens with zero attached hydrogens (tertiary/aromatic N) is 1. The molecule has 1 rings (SSSR count). The standard InChI is InChI=1S/C5H7NO9S3.3Na/c7-16(8,9)4-1-2-5(17(10,11)12)6(3-4)18(13,14)15;;;/h1-2H,3H2,(H,7,8,9)(H,10,11,12)(H,13,14,15);;;/q;3*+1/p-3. The molecule has 0 saturated heterocycles. The quantitative estimate of drug-likeness (QED) is 0.336. The van der Waals surface area contributed by atoms with Gasteiger partial charge in [-0.1, -0.05) is 0 Å². The Labute approximate surface area is 188 Å². The maximum absolute atomic E-state index is 10.7. The van der Waals surface area contributed by atoms with Gasteiger partial charge in [0, 0.05) is 0 Å². The third-order valence-electron chi connectivity index (χ3n) is 1.80. The second kappa shape index (κ2) is 9.48. The molecule has 0 aliphatic carbocycles. The SMILES string of the molecule is O=S(=O)([O-])C1=CC=C(S(=O)(=O)[O-])N(S(=O)(=O)[O-])C1.[Na+].[Na+].[Na+]. The number of allylic oxidation sites excluding steroid dienone is 2. The van der Waals surface area contributed by atoms with Gasteiger partial charge in [-0.15, -0.1) is 0 Å². The van der Waals surface area contributed by atoms with Gasteiger partial charge in [0.05, 0.1) is 11.4 Å². The van der Waals surface area contributed by atoms with Gasteiger partial charge in [0.1, 0.15) is 25.3 Å². The van der Waals surface area contributed by atoms with Crippen LogP contribution in [0.3, 0.4) is 0 Å². The largest absolute Gasteiger partial charge is 1.00 e. The summed E-state index contributed by atoms with van der Waals surface area (Å²) >= 11 is 0. The zero-order valence-corrected chi connectivity index (χ0v) is 19.7. The Morgan fingerprint density at radius 1 is 0.810 bits per heavy atom. The number of hydrogen-bond acceptors (Lipinski definition) is 9. The smallest absolute Gasteiger partial charge is 0.744 e. The van der Waals surface area contributed by atoms with E-state index < -0.39 is 51.3 Å². The molecule has 10 nitrogen and oxygen atoms in total. The first kappa shape index (κ1) is 27.8. The maximum atomic E-state index is 10.7. The molecule has 104 valence electrons. The van der Waals surface area contributed by atoms with Crippen molar-refractivity contribution in [3.05, 3.63) is 22.1 Å². The first-order chi connectivity index (χ1) is 7.83. The molecule has 0 aromatic rings. The zero-order valence-electron chi connectivity index (χ0n) is 11.2. The van der Waals surface area contributed by atoms with E-state index in [4.69, 9.17) is 0 Å². The summed E-state index contributed by atoms with van der Waals surface area (Å²) in [5, 5.41) is -1.44. The molecule has 0 N–H and O–H groups in total. The minimum Gasteiger partial charge on any atom is -0.744 e. The molecule has 0 amide bonds. The molecule has 0 fully saturated rings. The predicted molar refractivity (Wildman–Crippen MR) is 52.0 cm³/mol. The summed E-state index contributed by atoms with van der Waals surface area (Å²) in [6.07, 6.45) is 0.723. The van der Waals surface area contributed by atoms with Gasteiger partial charge in [0.15, 0.2) is 10.3 Å². The van der Waals surface area contributed by atoms with E-state index in [2.05, 4.69) is 0 Å². The van der Waals surface area contributed by atoms with Crippen LogP contribution in [0.5, 0.6) is 0 Å². The minimum absolute atomic E-state index is 0. The van der Waals surface area contributed by atoms with Crippen molar-refractivity contribution < 1.29 is 128 Å². The Hall–Kier alpha value is 2.01. The van der Waals surface area contributed by atoms with E-state index in [0.29, 0.717) is 6.08 Å². The molecule has 1 aliphatic rings. The molecule has 0 atom stereocenters.